The second kappa shape index (κ2) is 9.64. The highest BCUT2D eigenvalue weighted by atomic mass is 32.2. The van der Waals surface area contributed by atoms with Crippen molar-refractivity contribution in [1.82, 2.24) is 0 Å². The van der Waals surface area contributed by atoms with Crippen LogP contribution in [0.4, 0.5) is 0 Å². The van der Waals surface area contributed by atoms with Gasteiger partial charge in [0.15, 0.2) is 6.79 Å². The molecule has 23 heavy (non-hydrogen) atoms. The lowest BCUT2D eigenvalue weighted by molar-refractivity contribution is -0.159. The molecule has 1 N–H and O–H groups in total. The Labute approximate surface area is 135 Å². The highest BCUT2D eigenvalue weighted by molar-refractivity contribution is 7.85. The molecule has 0 heterocycles. The third kappa shape index (κ3) is 9.32. The predicted octanol–water partition coefficient (Wildman–Crippen LogP) is 1.21. The maximum Gasteiger partial charge on any atom is 0.336 e. The fourth-order valence-electron chi connectivity index (χ4n) is 2.08. The van der Waals surface area contributed by atoms with Gasteiger partial charge in [-0.15, -0.1) is 0 Å². The molecule has 1 rings (SSSR count). The van der Waals surface area contributed by atoms with Crippen LogP contribution < -0.4 is 0 Å². The Bertz CT molecular complexity index is 519. The molecular weight excluding hydrogens is 328 g/mol. The van der Waals surface area contributed by atoms with Gasteiger partial charge in [0.25, 0.3) is 10.1 Å². The normalized spacial score (nSPS) is 15.9. The van der Waals surface area contributed by atoms with Crippen LogP contribution in [0.2, 0.25) is 0 Å². The van der Waals surface area contributed by atoms with Crippen LogP contribution in [-0.4, -0.2) is 50.2 Å². The zero-order chi connectivity index (χ0) is 17.3. The molecule has 0 radical (unpaired) electrons. The molecule has 0 aliphatic heterocycles. The number of carbonyl (C=O) groups is 2. The topological polar surface area (TPSA) is 116 Å². The van der Waals surface area contributed by atoms with Crippen LogP contribution >= 0.6 is 0 Å². The van der Waals surface area contributed by atoms with E-state index in [2.05, 4.69) is 11.3 Å². The monoisotopic (exact) mass is 350 g/mol. The lowest BCUT2D eigenvalue weighted by atomic mass is 9.98. The van der Waals surface area contributed by atoms with E-state index in [0.717, 1.165) is 25.7 Å². The number of esters is 2. The number of hydrogen-bond acceptors (Lipinski definition) is 7. The van der Waals surface area contributed by atoms with Crippen LogP contribution in [0.15, 0.2) is 12.2 Å². The van der Waals surface area contributed by atoms with Gasteiger partial charge in [0, 0.05) is 5.57 Å². The summed E-state index contributed by atoms with van der Waals surface area (Å²) in [5.41, 5.74) is -0.117. The Morgan fingerprint density at radius 1 is 1.13 bits per heavy atom. The summed E-state index contributed by atoms with van der Waals surface area (Å²) in [6, 6.07) is 0. The van der Waals surface area contributed by atoms with Gasteiger partial charge in [0.1, 0.15) is 12.4 Å². The lowest BCUT2D eigenvalue weighted by Crippen LogP contribution is -2.21. The first-order valence-corrected chi connectivity index (χ1v) is 8.96. The van der Waals surface area contributed by atoms with Crippen LogP contribution in [0.25, 0.3) is 0 Å². The number of rotatable bonds is 9. The molecule has 0 unspecified atom stereocenters. The largest absolute Gasteiger partial charge is 0.464 e. The van der Waals surface area contributed by atoms with Crippen LogP contribution in [-0.2, 0) is 33.9 Å². The minimum absolute atomic E-state index is 0.0928. The zero-order valence-electron chi connectivity index (χ0n) is 12.9. The molecule has 0 aromatic carbocycles. The number of hydrogen-bond donors (Lipinski definition) is 1. The van der Waals surface area contributed by atoms with Gasteiger partial charge in [0.05, 0.1) is 12.5 Å². The van der Waals surface area contributed by atoms with Gasteiger partial charge < -0.3 is 14.2 Å². The second-order valence-electron chi connectivity index (χ2n) is 5.26. The Morgan fingerprint density at radius 2 is 1.78 bits per heavy atom. The molecule has 1 saturated carbocycles. The first kappa shape index (κ1) is 19.6. The van der Waals surface area contributed by atoms with Crippen LogP contribution in [0.3, 0.4) is 0 Å². The van der Waals surface area contributed by atoms with Gasteiger partial charge in [-0.1, -0.05) is 25.8 Å². The fraction of sp³-hybridized carbons (Fsp3) is 0.714. The molecule has 8 nitrogen and oxygen atoms in total. The molecule has 0 aromatic rings. The molecule has 0 atom stereocenters. The number of carbonyl (C=O) groups excluding carboxylic acids is 2. The van der Waals surface area contributed by atoms with Gasteiger partial charge in [-0.25, -0.2) is 4.79 Å². The van der Waals surface area contributed by atoms with Crippen molar-refractivity contribution in [2.75, 3.05) is 19.2 Å². The van der Waals surface area contributed by atoms with E-state index in [-0.39, 0.29) is 18.5 Å². The third-order valence-electron chi connectivity index (χ3n) is 3.30. The summed E-state index contributed by atoms with van der Waals surface area (Å²) < 4.78 is 44.2. The maximum absolute atomic E-state index is 11.6. The van der Waals surface area contributed by atoms with Crippen molar-refractivity contribution in [2.24, 2.45) is 0 Å². The van der Waals surface area contributed by atoms with Crippen LogP contribution in [0.1, 0.15) is 38.5 Å². The first-order chi connectivity index (χ1) is 10.8. The van der Waals surface area contributed by atoms with E-state index in [1.807, 2.05) is 0 Å². The lowest BCUT2D eigenvalue weighted by Gasteiger charge is -2.21. The summed E-state index contributed by atoms with van der Waals surface area (Å²) in [4.78, 5) is 23.0. The Morgan fingerprint density at radius 3 is 2.39 bits per heavy atom. The Kier molecular flexibility index (Phi) is 8.21. The van der Waals surface area contributed by atoms with Crippen molar-refractivity contribution in [3.8, 4) is 0 Å². The molecule has 9 heteroatoms. The molecule has 1 aliphatic carbocycles. The molecule has 0 amide bonds. The number of ether oxygens (including phenoxy) is 3. The van der Waals surface area contributed by atoms with E-state index < -0.39 is 40.8 Å². The van der Waals surface area contributed by atoms with Crippen molar-refractivity contribution in [1.29, 1.82) is 0 Å². The molecule has 0 bridgehead atoms. The molecule has 0 spiro atoms. The summed E-state index contributed by atoms with van der Waals surface area (Å²) in [5.74, 6) is -2.30. The van der Waals surface area contributed by atoms with Gasteiger partial charge >= 0.3 is 11.9 Å². The first-order valence-electron chi connectivity index (χ1n) is 7.35. The molecule has 0 aromatic heterocycles. The van der Waals surface area contributed by atoms with E-state index in [1.54, 1.807) is 0 Å². The molecule has 132 valence electrons. The fourth-order valence-corrected chi connectivity index (χ4v) is 2.37. The van der Waals surface area contributed by atoms with Crippen molar-refractivity contribution in [2.45, 2.75) is 44.6 Å². The molecule has 1 aliphatic rings. The van der Waals surface area contributed by atoms with E-state index in [9.17, 15) is 18.0 Å². The Balaban J connectivity index is 2.17. The SMILES string of the molecule is C=C(CC(=O)OCCS(=O)(=O)O)C(=O)OCOC1CCCCC1. The van der Waals surface area contributed by atoms with Gasteiger partial charge in [-0.2, -0.15) is 8.42 Å². The standard InChI is InChI=1S/C14H22O8S/c1-11(9-13(15)20-7-8-23(17,18)19)14(16)22-10-21-12-5-3-2-4-6-12/h12H,1-10H2,(H,17,18,19). The minimum Gasteiger partial charge on any atom is -0.464 e. The quantitative estimate of drug-likeness (QED) is 0.285. The van der Waals surface area contributed by atoms with Crippen LogP contribution in [0.5, 0.6) is 0 Å². The third-order valence-corrected chi connectivity index (χ3v) is 3.98. The molecular formula is C14H22O8S. The van der Waals surface area contributed by atoms with Crippen molar-refractivity contribution in [3.63, 3.8) is 0 Å². The minimum atomic E-state index is -4.20. The molecule has 1 fully saturated rings. The average molecular weight is 350 g/mol. The summed E-state index contributed by atoms with van der Waals surface area (Å²) in [6.45, 7) is 2.73. The van der Waals surface area contributed by atoms with E-state index >= 15 is 0 Å². The smallest absolute Gasteiger partial charge is 0.336 e. The average Bonchev–Trinajstić information content (AvgIpc) is 2.46. The Hall–Kier alpha value is -1.45. The van der Waals surface area contributed by atoms with Gasteiger partial charge in [-0.05, 0) is 12.8 Å². The van der Waals surface area contributed by atoms with Crippen molar-refractivity contribution in [3.05, 3.63) is 12.2 Å². The van der Waals surface area contributed by atoms with E-state index in [0.29, 0.717) is 0 Å². The second-order valence-corrected chi connectivity index (χ2v) is 6.84. The summed E-state index contributed by atoms with van der Waals surface area (Å²) in [7, 11) is -4.20. The van der Waals surface area contributed by atoms with E-state index in [1.165, 1.54) is 6.42 Å². The highest BCUT2D eigenvalue weighted by Gasteiger charge is 2.17. The summed E-state index contributed by atoms with van der Waals surface area (Å²) in [5, 5.41) is 0. The van der Waals surface area contributed by atoms with Gasteiger partial charge in [-0.3, -0.25) is 9.35 Å². The molecule has 0 saturated heterocycles. The van der Waals surface area contributed by atoms with Crippen LogP contribution in [0, 0.1) is 0 Å². The maximum atomic E-state index is 11.6. The van der Waals surface area contributed by atoms with Crippen molar-refractivity contribution >= 4 is 22.1 Å². The zero-order valence-corrected chi connectivity index (χ0v) is 13.7. The van der Waals surface area contributed by atoms with Gasteiger partial charge in [0.2, 0.25) is 0 Å². The predicted molar refractivity (Wildman–Crippen MR) is 80.0 cm³/mol. The summed E-state index contributed by atoms with van der Waals surface area (Å²) >= 11 is 0. The van der Waals surface area contributed by atoms with Crippen molar-refractivity contribution < 1.29 is 36.8 Å². The highest BCUT2D eigenvalue weighted by Crippen LogP contribution is 2.20. The van der Waals surface area contributed by atoms with E-state index in [4.69, 9.17) is 14.0 Å². The summed E-state index contributed by atoms with van der Waals surface area (Å²) in [6.07, 6.45) is 4.94.